The molecular weight excluding hydrogens is 328 g/mol. The summed E-state index contributed by atoms with van der Waals surface area (Å²) in [5.41, 5.74) is 2.93. The second-order valence-corrected chi connectivity index (χ2v) is 7.44. The largest absolute Gasteiger partial charge is 0.369 e. The Morgan fingerprint density at radius 2 is 1.84 bits per heavy atom. The van der Waals surface area contributed by atoms with Gasteiger partial charge in [-0.2, -0.15) is 5.26 Å². The first kappa shape index (κ1) is 16.1. The molecule has 0 spiro atoms. The van der Waals surface area contributed by atoms with Crippen LogP contribution in [0.3, 0.4) is 0 Å². The molecule has 3 aromatic rings. The predicted molar refractivity (Wildman–Crippen MR) is 103 cm³/mol. The molecule has 1 fully saturated rings. The molecule has 1 aliphatic heterocycles. The summed E-state index contributed by atoms with van der Waals surface area (Å²) < 4.78 is 1.26. The van der Waals surface area contributed by atoms with Crippen molar-refractivity contribution in [3.05, 3.63) is 59.1 Å². The lowest BCUT2D eigenvalue weighted by Crippen LogP contribution is -2.30. The van der Waals surface area contributed by atoms with Gasteiger partial charge in [0.15, 0.2) is 0 Å². The van der Waals surface area contributed by atoms with Crippen LogP contribution in [0.5, 0.6) is 0 Å². The second-order valence-electron chi connectivity index (χ2n) is 6.32. The molecule has 4 nitrogen and oxygen atoms in total. The van der Waals surface area contributed by atoms with E-state index in [4.69, 9.17) is 4.98 Å². The quantitative estimate of drug-likeness (QED) is 0.720. The Labute approximate surface area is 151 Å². The number of hydrogen-bond acceptors (Lipinski definition) is 5. The summed E-state index contributed by atoms with van der Waals surface area (Å²) in [5.74, 6) is 0. The van der Waals surface area contributed by atoms with Gasteiger partial charge in [0.2, 0.25) is 0 Å². The van der Waals surface area contributed by atoms with Crippen LogP contribution in [0.2, 0.25) is 0 Å². The SMILES string of the molecule is N#Cc1ccccc1N1CCCN(Cc2nc3ccccc3s2)CC1. The fourth-order valence-electron chi connectivity index (χ4n) is 3.39. The molecule has 0 aliphatic carbocycles. The maximum absolute atomic E-state index is 9.34. The highest BCUT2D eigenvalue weighted by Crippen LogP contribution is 2.24. The summed E-state index contributed by atoms with van der Waals surface area (Å²) in [4.78, 5) is 9.59. The zero-order chi connectivity index (χ0) is 17.1. The van der Waals surface area contributed by atoms with Crippen molar-refractivity contribution in [2.45, 2.75) is 13.0 Å². The lowest BCUT2D eigenvalue weighted by atomic mass is 10.1. The van der Waals surface area contributed by atoms with Crippen molar-refractivity contribution < 1.29 is 0 Å². The van der Waals surface area contributed by atoms with E-state index in [1.807, 2.05) is 24.3 Å². The summed E-state index contributed by atoms with van der Waals surface area (Å²) in [6.07, 6.45) is 1.10. The number of para-hydroxylation sites is 2. The lowest BCUT2D eigenvalue weighted by Gasteiger charge is -2.24. The summed E-state index contributed by atoms with van der Waals surface area (Å²) in [7, 11) is 0. The third-order valence-corrected chi connectivity index (χ3v) is 5.67. The number of thiazole rings is 1. The van der Waals surface area contributed by atoms with E-state index < -0.39 is 0 Å². The van der Waals surface area contributed by atoms with Crippen LogP contribution in [0, 0.1) is 11.3 Å². The van der Waals surface area contributed by atoms with Gasteiger partial charge in [-0.15, -0.1) is 11.3 Å². The van der Waals surface area contributed by atoms with Gasteiger partial charge < -0.3 is 4.90 Å². The van der Waals surface area contributed by atoms with E-state index in [0.717, 1.165) is 55.9 Å². The van der Waals surface area contributed by atoms with Crippen molar-refractivity contribution in [3.8, 4) is 6.07 Å². The molecule has 0 N–H and O–H groups in total. The Bertz CT molecular complexity index is 878. The fourth-order valence-corrected chi connectivity index (χ4v) is 4.40. The molecule has 0 radical (unpaired) electrons. The van der Waals surface area contributed by atoms with Crippen LogP contribution in [0.4, 0.5) is 5.69 Å². The van der Waals surface area contributed by atoms with Gasteiger partial charge in [0.1, 0.15) is 11.1 Å². The highest BCUT2D eigenvalue weighted by Gasteiger charge is 2.18. The molecule has 0 unspecified atom stereocenters. The van der Waals surface area contributed by atoms with Gasteiger partial charge in [0.25, 0.3) is 0 Å². The number of aromatic nitrogens is 1. The normalized spacial score (nSPS) is 15.9. The Hall–Kier alpha value is -2.42. The van der Waals surface area contributed by atoms with E-state index in [1.54, 1.807) is 11.3 Å². The number of nitrogens with zero attached hydrogens (tertiary/aromatic N) is 4. The third kappa shape index (κ3) is 3.51. The van der Waals surface area contributed by atoms with Gasteiger partial charge in [0.05, 0.1) is 28.0 Å². The van der Waals surface area contributed by atoms with Crippen LogP contribution in [-0.2, 0) is 6.54 Å². The van der Waals surface area contributed by atoms with Crippen LogP contribution in [0.15, 0.2) is 48.5 Å². The molecule has 1 aromatic heterocycles. The monoisotopic (exact) mass is 348 g/mol. The molecule has 25 heavy (non-hydrogen) atoms. The number of rotatable bonds is 3. The Kier molecular flexibility index (Phi) is 4.64. The topological polar surface area (TPSA) is 43.2 Å². The molecule has 0 saturated carbocycles. The molecule has 4 rings (SSSR count). The fraction of sp³-hybridized carbons (Fsp3) is 0.300. The van der Waals surface area contributed by atoms with Crippen molar-refractivity contribution in [1.82, 2.24) is 9.88 Å². The minimum Gasteiger partial charge on any atom is -0.369 e. The minimum atomic E-state index is 0.766. The van der Waals surface area contributed by atoms with Crippen LogP contribution in [0.25, 0.3) is 10.2 Å². The smallest absolute Gasteiger partial charge is 0.108 e. The van der Waals surface area contributed by atoms with Crippen LogP contribution in [-0.4, -0.2) is 36.1 Å². The first-order chi connectivity index (χ1) is 12.3. The Morgan fingerprint density at radius 3 is 2.72 bits per heavy atom. The molecule has 0 atom stereocenters. The standard InChI is InChI=1S/C20H20N4S/c21-14-16-6-1-3-8-18(16)24-11-5-10-23(12-13-24)15-20-22-17-7-2-4-9-19(17)25-20/h1-4,6-9H,5,10-13,15H2. The van der Waals surface area contributed by atoms with Crippen LogP contribution in [0.1, 0.15) is 17.0 Å². The number of nitriles is 1. The number of anilines is 1. The maximum Gasteiger partial charge on any atom is 0.108 e. The van der Waals surface area contributed by atoms with Gasteiger partial charge in [-0.05, 0) is 30.7 Å². The molecular formula is C20H20N4S. The van der Waals surface area contributed by atoms with Gasteiger partial charge in [-0.25, -0.2) is 4.98 Å². The molecule has 1 saturated heterocycles. The van der Waals surface area contributed by atoms with E-state index in [0.29, 0.717) is 0 Å². The highest BCUT2D eigenvalue weighted by atomic mass is 32.1. The average molecular weight is 348 g/mol. The van der Waals surface area contributed by atoms with Crippen LogP contribution < -0.4 is 4.90 Å². The zero-order valence-electron chi connectivity index (χ0n) is 14.1. The second kappa shape index (κ2) is 7.22. The highest BCUT2D eigenvalue weighted by molar-refractivity contribution is 7.18. The molecule has 2 heterocycles. The number of benzene rings is 2. The van der Waals surface area contributed by atoms with E-state index in [1.165, 1.54) is 9.71 Å². The summed E-state index contributed by atoms with van der Waals surface area (Å²) in [6.45, 7) is 4.92. The van der Waals surface area contributed by atoms with Gasteiger partial charge in [0, 0.05) is 26.2 Å². The molecule has 0 amide bonds. The first-order valence-corrected chi connectivity index (χ1v) is 9.46. The molecule has 0 bridgehead atoms. The molecule has 1 aliphatic rings. The third-order valence-electron chi connectivity index (χ3n) is 4.65. The maximum atomic E-state index is 9.34. The summed E-state index contributed by atoms with van der Waals surface area (Å²) in [6, 6.07) is 18.6. The predicted octanol–water partition coefficient (Wildman–Crippen LogP) is 3.88. The molecule has 126 valence electrons. The zero-order valence-corrected chi connectivity index (χ0v) is 14.9. The van der Waals surface area contributed by atoms with Crippen molar-refractivity contribution in [2.75, 3.05) is 31.1 Å². The van der Waals surface area contributed by atoms with Crippen molar-refractivity contribution >= 4 is 27.2 Å². The minimum absolute atomic E-state index is 0.766. The summed E-state index contributed by atoms with van der Waals surface area (Å²) in [5, 5.41) is 10.5. The summed E-state index contributed by atoms with van der Waals surface area (Å²) >= 11 is 1.79. The molecule has 2 aromatic carbocycles. The number of fused-ring (bicyclic) bond motifs is 1. The van der Waals surface area contributed by atoms with E-state index in [2.05, 4.69) is 40.1 Å². The van der Waals surface area contributed by atoms with Gasteiger partial charge >= 0.3 is 0 Å². The molecule has 5 heteroatoms. The number of hydrogen-bond donors (Lipinski definition) is 0. The van der Waals surface area contributed by atoms with Gasteiger partial charge in [-0.3, -0.25) is 4.90 Å². The Balaban J connectivity index is 1.45. The lowest BCUT2D eigenvalue weighted by molar-refractivity contribution is 0.285. The average Bonchev–Trinajstić information content (AvgIpc) is 2.92. The van der Waals surface area contributed by atoms with E-state index >= 15 is 0 Å². The van der Waals surface area contributed by atoms with Crippen molar-refractivity contribution in [3.63, 3.8) is 0 Å². The first-order valence-electron chi connectivity index (χ1n) is 8.64. The van der Waals surface area contributed by atoms with Gasteiger partial charge in [-0.1, -0.05) is 24.3 Å². The van der Waals surface area contributed by atoms with Crippen LogP contribution >= 0.6 is 11.3 Å². The van der Waals surface area contributed by atoms with E-state index in [-0.39, 0.29) is 0 Å². The van der Waals surface area contributed by atoms with Crippen molar-refractivity contribution in [1.29, 1.82) is 5.26 Å². The Morgan fingerprint density at radius 1 is 1.00 bits per heavy atom. The van der Waals surface area contributed by atoms with Crippen molar-refractivity contribution in [2.24, 2.45) is 0 Å². The van der Waals surface area contributed by atoms with E-state index in [9.17, 15) is 5.26 Å².